The lowest BCUT2D eigenvalue weighted by Crippen LogP contribution is -2.27. The van der Waals surface area contributed by atoms with Gasteiger partial charge in [0, 0.05) is 29.2 Å². The highest BCUT2D eigenvalue weighted by atomic mass is 32.1. The number of hydrogen-bond donors (Lipinski definition) is 1. The van der Waals surface area contributed by atoms with Crippen molar-refractivity contribution in [1.29, 1.82) is 0 Å². The Morgan fingerprint density at radius 2 is 1.95 bits per heavy atom. The predicted octanol–water partition coefficient (Wildman–Crippen LogP) is 4.49. The molecule has 2 nitrogen and oxygen atoms in total. The van der Waals surface area contributed by atoms with Crippen LogP contribution in [-0.2, 0) is 13.1 Å². The fourth-order valence-corrected chi connectivity index (χ4v) is 3.93. The summed E-state index contributed by atoms with van der Waals surface area (Å²) in [5.74, 6) is 0.715. The minimum atomic E-state index is 0.715. The smallest absolute Gasteiger partial charge is 0.0349 e. The number of thiophene rings is 1. The molecule has 1 N–H and O–H groups in total. The van der Waals surface area contributed by atoms with Gasteiger partial charge in [-0.1, -0.05) is 45.9 Å². The zero-order valence-corrected chi connectivity index (χ0v) is 14.6. The third-order valence-electron chi connectivity index (χ3n) is 3.77. The summed E-state index contributed by atoms with van der Waals surface area (Å²) in [5, 5.41) is 4.93. The summed E-state index contributed by atoms with van der Waals surface area (Å²) in [6, 6.07) is 8.83. The Hall–Kier alpha value is -0.900. The highest BCUT2D eigenvalue weighted by Crippen LogP contribution is 2.32. The number of fused-ring (bicyclic) bond motifs is 1. The van der Waals surface area contributed by atoms with E-state index < -0.39 is 0 Å². The summed E-state index contributed by atoms with van der Waals surface area (Å²) in [6.07, 6.45) is 0. The number of hydrogen-bond acceptors (Lipinski definition) is 3. The van der Waals surface area contributed by atoms with Crippen molar-refractivity contribution in [3.8, 4) is 0 Å². The number of nitrogens with zero attached hydrogens (tertiary/aromatic N) is 1. The Balaban J connectivity index is 2.30. The molecule has 0 unspecified atom stereocenters. The first-order chi connectivity index (χ1) is 10.2. The van der Waals surface area contributed by atoms with Crippen molar-refractivity contribution in [2.75, 3.05) is 19.6 Å². The van der Waals surface area contributed by atoms with Crippen molar-refractivity contribution in [2.24, 2.45) is 5.92 Å². The van der Waals surface area contributed by atoms with E-state index in [0.29, 0.717) is 5.92 Å². The van der Waals surface area contributed by atoms with Gasteiger partial charge in [-0.05, 0) is 36.0 Å². The minimum Gasteiger partial charge on any atom is -0.312 e. The van der Waals surface area contributed by atoms with Crippen LogP contribution in [0.4, 0.5) is 0 Å². The molecule has 21 heavy (non-hydrogen) atoms. The summed E-state index contributed by atoms with van der Waals surface area (Å²) in [5.41, 5.74) is 1.53. The van der Waals surface area contributed by atoms with Gasteiger partial charge in [0.15, 0.2) is 0 Å². The largest absolute Gasteiger partial charge is 0.312 e. The van der Waals surface area contributed by atoms with E-state index in [1.165, 1.54) is 27.1 Å². The molecule has 0 aliphatic rings. The van der Waals surface area contributed by atoms with E-state index in [9.17, 15) is 0 Å². The molecular weight excluding hydrogens is 276 g/mol. The zero-order chi connectivity index (χ0) is 15.2. The summed E-state index contributed by atoms with van der Waals surface area (Å²) in [7, 11) is 0. The topological polar surface area (TPSA) is 15.3 Å². The van der Waals surface area contributed by atoms with Gasteiger partial charge in [0.1, 0.15) is 0 Å². The first kappa shape index (κ1) is 16.5. The van der Waals surface area contributed by atoms with E-state index in [1.54, 1.807) is 0 Å². The van der Waals surface area contributed by atoms with E-state index in [0.717, 1.165) is 26.2 Å². The second-order valence-electron chi connectivity index (χ2n) is 6.00. The third-order valence-corrected chi connectivity index (χ3v) is 4.98. The maximum absolute atomic E-state index is 3.49. The van der Waals surface area contributed by atoms with Gasteiger partial charge >= 0.3 is 0 Å². The van der Waals surface area contributed by atoms with E-state index in [1.807, 2.05) is 11.3 Å². The van der Waals surface area contributed by atoms with Crippen LogP contribution in [0, 0.1) is 5.92 Å². The predicted molar refractivity (Wildman–Crippen MR) is 95.0 cm³/mol. The highest BCUT2D eigenvalue weighted by Gasteiger charge is 2.15. The second kappa shape index (κ2) is 7.92. The maximum Gasteiger partial charge on any atom is 0.0349 e. The lowest BCUT2D eigenvalue weighted by molar-refractivity contribution is 0.249. The Kier molecular flexibility index (Phi) is 6.22. The molecule has 0 saturated carbocycles. The van der Waals surface area contributed by atoms with Gasteiger partial charge in [-0.25, -0.2) is 0 Å². The molecule has 0 amide bonds. The van der Waals surface area contributed by atoms with Gasteiger partial charge in [0.05, 0.1) is 0 Å². The summed E-state index contributed by atoms with van der Waals surface area (Å²) < 4.78 is 1.42. The first-order valence-corrected chi connectivity index (χ1v) is 8.89. The van der Waals surface area contributed by atoms with E-state index in [-0.39, 0.29) is 0 Å². The molecule has 0 fully saturated rings. The van der Waals surface area contributed by atoms with Crippen LogP contribution in [0.5, 0.6) is 0 Å². The van der Waals surface area contributed by atoms with Crippen LogP contribution in [0.15, 0.2) is 24.3 Å². The summed E-state index contributed by atoms with van der Waals surface area (Å²) in [6.45, 7) is 14.4. The molecule has 1 aromatic heterocycles. The van der Waals surface area contributed by atoms with Crippen molar-refractivity contribution in [3.05, 3.63) is 34.7 Å². The number of nitrogens with one attached hydrogen (secondary N) is 1. The van der Waals surface area contributed by atoms with Gasteiger partial charge < -0.3 is 5.32 Å². The molecule has 3 heteroatoms. The molecule has 116 valence electrons. The second-order valence-corrected chi connectivity index (χ2v) is 7.14. The summed E-state index contributed by atoms with van der Waals surface area (Å²) in [4.78, 5) is 4.06. The quantitative estimate of drug-likeness (QED) is 0.773. The normalized spacial score (nSPS) is 11.9. The Morgan fingerprint density at radius 3 is 2.62 bits per heavy atom. The highest BCUT2D eigenvalue weighted by molar-refractivity contribution is 7.19. The van der Waals surface area contributed by atoms with Crippen molar-refractivity contribution in [1.82, 2.24) is 10.2 Å². The van der Waals surface area contributed by atoms with Gasteiger partial charge in [-0.2, -0.15) is 0 Å². The van der Waals surface area contributed by atoms with Gasteiger partial charge in [0.2, 0.25) is 0 Å². The SMILES string of the molecule is CCNCc1sc2ccccc2c1CN(CC)CC(C)C. The molecule has 0 bridgehead atoms. The van der Waals surface area contributed by atoms with Crippen molar-refractivity contribution >= 4 is 21.4 Å². The molecule has 2 rings (SSSR count). The van der Waals surface area contributed by atoms with Crippen LogP contribution in [0.25, 0.3) is 10.1 Å². The van der Waals surface area contributed by atoms with Crippen molar-refractivity contribution in [2.45, 2.75) is 40.8 Å². The van der Waals surface area contributed by atoms with Gasteiger partial charge in [-0.15, -0.1) is 11.3 Å². The van der Waals surface area contributed by atoms with Gasteiger partial charge in [0.25, 0.3) is 0 Å². The van der Waals surface area contributed by atoms with Gasteiger partial charge in [-0.3, -0.25) is 4.90 Å². The molecule has 0 spiro atoms. The molecule has 0 radical (unpaired) electrons. The Labute approximate surface area is 133 Å². The monoisotopic (exact) mass is 304 g/mol. The van der Waals surface area contributed by atoms with Crippen LogP contribution in [-0.4, -0.2) is 24.5 Å². The molecule has 1 heterocycles. The fourth-order valence-electron chi connectivity index (χ4n) is 2.75. The average molecular weight is 305 g/mol. The van der Waals surface area contributed by atoms with E-state index >= 15 is 0 Å². The van der Waals surface area contributed by atoms with Crippen LogP contribution in [0.3, 0.4) is 0 Å². The Morgan fingerprint density at radius 1 is 1.19 bits per heavy atom. The lowest BCUT2D eigenvalue weighted by atomic mass is 10.1. The van der Waals surface area contributed by atoms with Crippen molar-refractivity contribution in [3.63, 3.8) is 0 Å². The van der Waals surface area contributed by atoms with Crippen LogP contribution in [0.1, 0.15) is 38.1 Å². The van der Waals surface area contributed by atoms with Crippen molar-refractivity contribution < 1.29 is 0 Å². The van der Waals surface area contributed by atoms with E-state index in [2.05, 4.69) is 62.2 Å². The number of rotatable bonds is 8. The molecule has 2 aromatic rings. The maximum atomic E-state index is 3.49. The zero-order valence-electron chi connectivity index (χ0n) is 13.8. The molecular formula is C18H28N2S. The standard InChI is InChI=1S/C18H28N2S/c1-5-19-11-18-16(13-20(6-2)12-14(3)4)15-9-7-8-10-17(15)21-18/h7-10,14,19H,5-6,11-13H2,1-4H3. The number of benzene rings is 1. The van der Waals surface area contributed by atoms with E-state index in [4.69, 9.17) is 0 Å². The molecule has 1 aromatic carbocycles. The average Bonchev–Trinajstić information content (AvgIpc) is 2.82. The molecule has 0 aliphatic heterocycles. The molecule has 0 atom stereocenters. The molecule has 0 saturated heterocycles. The summed E-state index contributed by atoms with van der Waals surface area (Å²) >= 11 is 1.95. The minimum absolute atomic E-state index is 0.715. The first-order valence-electron chi connectivity index (χ1n) is 8.08. The lowest BCUT2D eigenvalue weighted by Gasteiger charge is -2.23. The van der Waals surface area contributed by atoms with Crippen LogP contribution < -0.4 is 5.32 Å². The fraction of sp³-hybridized carbons (Fsp3) is 0.556. The molecule has 0 aliphatic carbocycles. The van der Waals surface area contributed by atoms with Crippen LogP contribution in [0.2, 0.25) is 0 Å². The Bertz CT molecular complexity index is 559. The van der Waals surface area contributed by atoms with Crippen LogP contribution >= 0.6 is 11.3 Å². The third kappa shape index (κ3) is 4.29.